The van der Waals surface area contributed by atoms with E-state index in [1.165, 1.54) is 0 Å². The average molecular weight is 341 g/mol. The molecule has 0 fully saturated rings. The van der Waals surface area contributed by atoms with E-state index in [-0.39, 0.29) is 12.5 Å². The third kappa shape index (κ3) is 3.63. The van der Waals surface area contributed by atoms with Crippen LogP contribution < -0.4 is 15.6 Å². The number of hydrogen-bond donors (Lipinski definition) is 3. The van der Waals surface area contributed by atoms with Crippen molar-refractivity contribution in [3.63, 3.8) is 0 Å². The van der Waals surface area contributed by atoms with Crippen molar-refractivity contribution in [1.82, 2.24) is 25.6 Å². The van der Waals surface area contributed by atoms with Gasteiger partial charge in [-0.2, -0.15) is 5.10 Å². The summed E-state index contributed by atoms with van der Waals surface area (Å²) in [5, 5.41) is 5.08. The number of amides is 2. The van der Waals surface area contributed by atoms with Gasteiger partial charge in [-0.1, -0.05) is 0 Å². The summed E-state index contributed by atoms with van der Waals surface area (Å²) in [5.74, 6) is -0.103. The number of benzene rings is 1. The van der Waals surface area contributed by atoms with Crippen molar-refractivity contribution in [2.45, 2.75) is 20.4 Å². The first kappa shape index (κ1) is 16.6. The zero-order chi connectivity index (χ0) is 18.0. The second-order valence-corrected chi connectivity index (χ2v) is 5.72. The molecule has 3 rings (SSSR count). The molecule has 1 aromatic carbocycles. The van der Waals surface area contributed by atoms with Gasteiger partial charge in [-0.05, 0) is 38.1 Å². The van der Waals surface area contributed by atoms with Crippen LogP contribution in [-0.4, -0.2) is 33.7 Å². The van der Waals surface area contributed by atoms with Crippen LogP contribution in [-0.2, 0) is 11.3 Å². The van der Waals surface area contributed by atoms with E-state index in [2.05, 4.69) is 20.9 Å². The van der Waals surface area contributed by atoms with Gasteiger partial charge in [0.05, 0.1) is 12.8 Å². The lowest BCUT2D eigenvalue weighted by molar-refractivity contribution is -0.122. The number of H-pyrrole nitrogens is 1. The van der Waals surface area contributed by atoms with Gasteiger partial charge in [0.25, 0.3) is 11.8 Å². The number of hydrazine groups is 1. The zero-order valence-electron chi connectivity index (χ0n) is 14.2. The van der Waals surface area contributed by atoms with E-state index in [1.807, 2.05) is 32.0 Å². The van der Waals surface area contributed by atoms with Gasteiger partial charge >= 0.3 is 0 Å². The predicted octanol–water partition coefficient (Wildman–Crippen LogP) is 1.45. The Morgan fingerprint density at radius 2 is 2.00 bits per heavy atom. The largest absolute Gasteiger partial charge is 0.497 e. The highest BCUT2D eigenvalue weighted by atomic mass is 16.5. The van der Waals surface area contributed by atoms with Gasteiger partial charge in [0, 0.05) is 22.7 Å². The summed E-state index contributed by atoms with van der Waals surface area (Å²) in [6.07, 6.45) is 0. The number of carbonyl (C=O) groups excluding carboxylic acids is 2. The van der Waals surface area contributed by atoms with Crippen molar-refractivity contribution in [2.24, 2.45) is 0 Å². The summed E-state index contributed by atoms with van der Waals surface area (Å²) < 4.78 is 6.73. The van der Waals surface area contributed by atoms with Crippen molar-refractivity contribution >= 4 is 22.7 Å². The van der Waals surface area contributed by atoms with Crippen LogP contribution in [0, 0.1) is 13.8 Å². The molecule has 2 aromatic heterocycles. The second kappa shape index (κ2) is 6.68. The monoisotopic (exact) mass is 341 g/mol. The van der Waals surface area contributed by atoms with Crippen molar-refractivity contribution in [3.8, 4) is 5.75 Å². The van der Waals surface area contributed by atoms with Crippen LogP contribution >= 0.6 is 0 Å². The van der Waals surface area contributed by atoms with Crippen LogP contribution in [0.3, 0.4) is 0 Å². The lowest BCUT2D eigenvalue weighted by Gasteiger charge is -2.07. The number of fused-ring (bicyclic) bond motifs is 1. The van der Waals surface area contributed by atoms with Gasteiger partial charge in [0.1, 0.15) is 18.0 Å². The molecule has 0 aliphatic heterocycles. The van der Waals surface area contributed by atoms with Gasteiger partial charge in [-0.3, -0.25) is 25.1 Å². The van der Waals surface area contributed by atoms with Gasteiger partial charge in [0.2, 0.25) is 0 Å². The normalized spacial score (nSPS) is 10.7. The van der Waals surface area contributed by atoms with E-state index >= 15 is 0 Å². The fraction of sp³-hybridized carbons (Fsp3) is 0.235. The molecule has 0 radical (unpaired) electrons. The average Bonchev–Trinajstić information content (AvgIpc) is 3.14. The standard InChI is InChI=1S/C17H19N5O3/c1-10-6-11(2)22(21-10)9-16(23)19-20-17(24)15-7-12-4-5-13(25-3)8-14(12)18-15/h4-8,18H,9H2,1-3H3,(H,19,23)(H,20,24). The van der Waals surface area contributed by atoms with Crippen LogP contribution in [0.2, 0.25) is 0 Å². The molecule has 3 N–H and O–H groups in total. The molecule has 25 heavy (non-hydrogen) atoms. The smallest absolute Gasteiger partial charge is 0.286 e. The molecular formula is C17H19N5O3. The number of carbonyl (C=O) groups is 2. The molecule has 0 aliphatic rings. The fourth-order valence-corrected chi connectivity index (χ4v) is 2.56. The Hall–Kier alpha value is -3.29. The number of nitrogens with one attached hydrogen (secondary N) is 3. The first-order valence-corrected chi connectivity index (χ1v) is 7.73. The zero-order valence-corrected chi connectivity index (χ0v) is 14.2. The van der Waals surface area contributed by atoms with Crippen molar-refractivity contribution in [3.05, 3.63) is 47.4 Å². The number of aryl methyl sites for hydroxylation is 2. The minimum absolute atomic E-state index is 0.0316. The molecule has 0 bridgehead atoms. The Kier molecular flexibility index (Phi) is 4.42. The Morgan fingerprint density at radius 1 is 1.20 bits per heavy atom. The lowest BCUT2D eigenvalue weighted by Crippen LogP contribution is -2.43. The van der Waals surface area contributed by atoms with Gasteiger partial charge in [0.15, 0.2) is 0 Å². The number of methoxy groups -OCH3 is 1. The summed E-state index contributed by atoms with van der Waals surface area (Å²) in [7, 11) is 1.58. The number of ether oxygens (including phenoxy) is 1. The van der Waals surface area contributed by atoms with Crippen molar-refractivity contribution in [1.29, 1.82) is 0 Å². The highest BCUT2D eigenvalue weighted by Gasteiger charge is 2.12. The number of aromatic amines is 1. The molecule has 2 amide bonds. The number of rotatable bonds is 4. The first-order chi connectivity index (χ1) is 12.0. The SMILES string of the molecule is COc1ccc2cc(C(=O)NNC(=O)Cn3nc(C)cc3C)[nH]c2c1. The Morgan fingerprint density at radius 3 is 2.68 bits per heavy atom. The predicted molar refractivity (Wildman–Crippen MR) is 92.2 cm³/mol. The number of aromatic nitrogens is 3. The summed E-state index contributed by atoms with van der Waals surface area (Å²) in [6.45, 7) is 3.75. The molecule has 0 aliphatic carbocycles. The highest BCUT2D eigenvalue weighted by molar-refractivity contribution is 5.98. The molecule has 8 nitrogen and oxygen atoms in total. The molecule has 3 aromatic rings. The third-order valence-electron chi connectivity index (χ3n) is 3.79. The first-order valence-electron chi connectivity index (χ1n) is 7.73. The minimum atomic E-state index is -0.433. The maximum atomic E-state index is 12.2. The molecule has 0 saturated carbocycles. The van der Waals surface area contributed by atoms with Gasteiger partial charge in [-0.25, -0.2) is 0 Å². The van der Waals surface area contributed by atoms with Gasteiger partial charge in [-0.15, -0.1) is 0 Å². The van der Waals surface area contributed by atoms with Crippen LogP contribution in [0.25, 0.3) is 10.9 Å². The van der Waals surface area contributed by atoms with E-state index in [1.54, 1.807) is 23.9 Å². The summed E-state index contributed by atoms with van der Waals surface area (Å²) in [5.41, 5.74) is 7.61. The molecule has 0 atom stereocenters. The second-order valence-electron chi connectivity index (χ2n) is 5.72. The van der Waals surface area contributed by atoms with Crippen LogP contribution in [0.15, 0.2) is 30.3 Å². The maximum absolute atomic E-state index is 12.2. The minimum Gasteiger partial charge on any atom is -0.497 e. The molecule has 2 heterocycles. The topological polar surface area (TPSA) is 101 Å². The van der Waals surface area contributed by atoms with Crippen LogP contribution in [0.5, 0.6) is 5.75 Å². The maximum Gasteiger partial charge on any atom is 0.286 e. The van der Waals surface area contributed by atoms with Gasteiger partial charge < -0.3 is 9.72 Å². The Balaban J connectivity index is 1.62. The van der Waals surface area contributed by atoms with Crippen LogP contribution in [0.1, 0.15) is 21.9 Å². The van der Waals surface area contributed by atoms with E-state index in [9.17, 15) is 9.59 Å². The van der Waals surface area contributed by atoms with Crippen molar-refractivity contribution < 1.29 is 14.3 Å². The summed E-state index contributed by atoms with van der Waals surface area (Å²) in [4.78, 5) is 27.1. The fourth-order valence-electron chi connectivity index (χ4n) is 2.56. The number of hydrogen-bond acceptors (Lipinski definition) is 4. The van der Waals surface area contributed by atoms with E-state index < -0.39 is 5.91 Å². The molecule has 8 heteroatoms. The Labute approximate surface area is 144 Å². The molecule has 0 spiro atoms. The summed E-state index contributed by atoms with van der Waals surface area (Å²) >= 11 is 0. The molecular weight excluding hydrogens is 322 g/mol. The van der Waals surface area contributed by atoms with Crippen molar-refractivity contribution in [2.75, 3.05) is 7.11 Å². The highest BCUT2D eigenvalue weighted by Crippen LogP contribution is 2.21. The Bertz CT molecular complexity index is 941. The number of nitrogens with zero attached hydrogens (tertiary/aromatic N) is 2. The molecule has 130 valence electrons. The van der Waals surface area contributed by atoms with E-state index in [0.717, 1.165) is 22.3 Å². The van der Waals surface area contributed by atoms with E-state index in [4.69, 9.17) is 4.74 Å². The van der Waals surface area contributed by atoms with E-state index in [0.29, 0.717) is 11.4 Å². The lowest BCUT2D eigenvalue weighted by atomic mass is 10.2. The summed E-state index contributed by atoms with van der Waals surface area (Å²) in [6, 6.07) is 9.05. The molecule has 0 unspecified atom stereocenters. The quantitative estimate of drug-likeness (QED) is 0.625. The third-order valence-corrected chi connectivity index (χ3v) is 3.79. The van der Waals surface area contributed by atoms with Crippen LogP contribution in [0.4, 0.5) is 0 Å². The molecule has 0 saturated heterocycles.